The fourth-order valence-electron chi connectivity index (χ4n) is 2.10. The highest BCUT2D eigenvalue weighted by molar-refractivity contribution is 7.37. The predicted molar refractivity (Wildman–Crippen MR) is 91.1 cm³/mol. The van der Waals surface area contributed by atoms with Crippen LogP contribution in [0, 0.1) is 0 Å². The first-order valence-electron chi connectivity index (χ1n) is 7.12. The zero-order chi connectivity index (χ0) is 14.3. The molecule has 0 saturated heterocycles. The highest BCUT2D eigenvalue weighted by Crippen LogP contribution is 2.33. The molecule has 0 spiro atoms. The van der Waals surface area contributed by atoms with Gasteiger partial charge in [0.25, 0.3) is 0 Å². The van der Waals surface area contributed by atoms with E-state index in [9.17, 15) is 0 Å². The van der Waals surface area contributed by atoms with Crippen LogP contribution >= 0.6 is 17.6 Å². The topological polar surface area (TPSA) is 18.5 Å². The van der Waals surface area contributed by atoms with Crippen LogP contribution < -0.4 is 0 Å². The molecule has 0 aromatic carbocycles. The Hall–Kier alpha value is -0.260. The molecule has 0 fully saturated rings. The summed E-state index contributed by atoms with van der Waals surface area (Å²) in [5.41, 5.74) is -0.194. The number of rotatable bonds is 7. The van der Waals surface area contributed by atoms with Crippen LogP contribution in [0.5, 0.6) is 0 Å². The van der Waals surface area contributed by atoms with Crippen molar-refractivity contribution in [2.45, 2.75) is 37.9 Å². The van der Waals surface area contributed by atoms with Gasteiger partial charge in [0.05, 0.1) is 11.2 Å². The molecule has 0 saturated carbocycles. The molecule has 0 amide bonds. The van der Waals surface area contributed by atoms with Crippen molar-refractivity contribution in [2.75, 3.05) is 12.3 Å². The summed E-state index contributed by atoms with van der Waals surface area (Å²) in [6.07, 6.45) is 21.1. The third-order valence-corrected chi connectivity index (χ3v) is 6.01. The van der Waals surface area contributed by atoms with Crippen LogP contribution in [0.15, 0.2) is 48.6 Å². The van der Waals surface area contributed by atoms with E-state index in [1.54, 1.807) is 0 Å². The molecule has 2 nitrogen and oxygen atoms in total. The second-order valence-corrected chi connectivity index (χ2v) is 7.59. The van der Waals surface area contributed by atoms with Crippen LogP contribution in [0.3, 0.4) is 0 Å². The van der Waals surface area contributed by atoms with Gasteiger partial charge in [-0.1, -0.05) is 48.6 Å². The summed E-state index contributed by atoms with van der Waals surface area (Å²) in [6.45, 7) is 4.30. The number of hydrogen-bond donors (Lipinski definition) is 0. The third-order valence-electron chi connectivity index (χ3n) is 3.38. The first-order chi connectivity index (χ1) is 9.62. The van der Waals surface area contributed by atoms with Crippen LogP contribution in [0.2, 0.25) is 0 Å². The van der Waals surface area contributed by atoms with Gasteiger partial charge in [-0.25, -0.2) is 0 Å². The average molecular weight is 310 g/mol. The van der Waals surface area contributed by atoms with Crippen LogP contribution in [-0.2, 0) is 9.05 Å². The summed E-state index contributed by atoms with van der Waals surface area (Å²) < 4.78 is 12.0. The fourth-order valence-corrected chi connectivity index (χ4v) is 4.08. The second-order valence-electron chi connectivity index (χ2n) is 5.60. The Balaban J connectivity index is 1.56. The first kappa shape index (κ1) is 16.1. The lowest BCUT2D eigenvalue weighted by molar-refractivity contribution is 0.167. The smallest absolute Gasteiger partial charge is 0.0910 e. The van der Waals surface area contributed by atoms with E-state index in [1.807, 2.05) is 0 Å². The highest BCUT2D eigenvalue weighted by atomic mass is 31.1. The molecule has 110 valence electrons. The molecular weight excluding hydrogens is 286 g/mol. The van der Waals surface area contributed by atoms with Crippen LogP contribution in [0.4, 0.5) is 0 Å². The summed E-state index contributed by atoms with van der Waals surface area (Å²) in [6, 6.07) is 0. The van der Waals surface area contributed by atoms with Gasteiger partial charge in [-0.15, -0.1) is 0 Å². The van der Waals surface area contributed by atoms with Crippen LogP contribution in [0.25, 0.3) is 0 Å². The van der Waals surface area contributed by atoms with Crippen LogP contribution in [0.1, 0.15) is 26.7 Å². The number of allylic oxidation sites excluding steroid dienone is 4. The largest absolute Gasteiger partial charge is 0.352 e. The quantitative estimate of drug-likeness (QED) is 0.499. The van der Waals surface area contributed by atoms with Gasteiger partial charge >= 0.3 is 0 Å². The van der Waals surface area contributed by atoms with E-state index >= 15 is 0 Å². The molecule has 4 heteroatoms. The Morgan fingerprint density at radius 3 is 1.60 bits per heavy atom. The Morgan fingerprint density at radius 1 is 0.800 bits per heavy atom. The predicted octanol–water partition coefficient (Wildman–Crippen LogP) is 4.76. The first-order valence-corrected chi connectivity index (χ1v) is 9.36. The lowest BCUT2D eigenvalue weighted by atomic mass is 9.98. The molecule has 2 rings (SSSR count). The van der Waals surface area contributed by atoms with Crippen molar-refractivity contribution in [3.8, 4) is 0 Å². The summed E-state index contributed by atoms with van der Waals surface area (Å²) in [5.74, 6) is 0. The Kier molecular flexibility index (Phi) is 6.18. The maximum Gasteiger partial charge on any atom is 0.0910 e. The Labute approximate surface area is 126 Å². The molecule has 0 aromatic rings. The lowest BCUT2D eigenvalue weighted by Gasteiger charge is -2.28. The van der Waals surface area contributed by atoms with Gasteiger partial charge < -0.3 is 9.05 Å². The van der Waals surface area contributed by atoms with Gasteiger partial charge in [-0.05, 0) is 39.0 Å². The Bertz CT molecular complexity index is 388. The van der Waals surface area contributed by atoms with E-state index in [2.05, 4.69) is 62.5 Å². The van der Waals surface area contributed by atoms with Gasteiger partial charge in [0, 0.05) is 17.6 Å². The SMILES string of the molecule is CC1(OPCCPOC2(C)C=CC=CC2)C=CC=CC1. The lowest BCUT2D eigenvalue weighted by Crippen LogP contribution is -2.23. The minimum absolute atomic E-state index is 0.0972. The Morgan fingerprint density at radius 2 is 1.25 bits per heavy atom. The van der Waals surface area contributed by atoms with Gasteiger partial charge in [0.2, 0.25) is 0 Å². The monoisotopic (exact) mass is 310 g/mol. The van der Waals surface area contributed by atoms with Crippen molar-refractivity contribution in [2.24, 2.45) is 0 Å². The third kappa shape index (κ3) is 5.26. The molecular formula is C16H24O2P2. The minimum atomic E-state index is -0.0972. The molecule has 0 heterocycles. The second kappa shape index (κ2) is 7.66. The van der Waals surface area contributed by atoms with Gasteiger partial charge in [-0.2, -0.15) is 0 Å². The normalized spacial score (nSPS) is 33.1. The molecule has 0 aliphatic heterocycles. The van der Waals surface area contributed by atoms with E-state index in [0.29, 0.717) is 17.6 Å². The van der Waals surface area contributed by atoms with Crippen molar-refractivity contribution in [3.05, 3.63) is 48.6 Å². The van der Waals surface area contributed by atoms with E-state index in [0.717, 1.165) is 25.2 Å². The number of hydrogen-bond acceptors (Lipinski definition) is 2. The summed E-state index contributed by atoms with van der Waals surface area (Å²) in [5, 5.41) is 0. The minimum Gasteiger partial charge on any atom is -0.352 e. The maximum atomic E-state index is 6.00. The summed E-state index contributed by atoms with van der Waals surface area (Å²) in [7, 11) is 1.11. The molecule has 4 atom stereocenters. The molecule has 4 unspecified atom stereocenters. The zero-order valence-electron chi connectivity index (χ0n) is 12.3. The van der Waals surface area contributed by atoms with Crippen molar-refractivity contribution in [3.63, 3.8) is 0 Å². The highest BCUT2D eigenvalue weighted by Gasteiger charge is 2.22. The molecule has 20 heavy (non-hydrogen) atoms. The fraction of sp³-hybridized carbons (Fsp3) is 0.500. The van der Waals surface area contributed by atoms with Crippen molar-refractivity contribution in [1.29, 1.82) is 0 Å². The van der Waals surface area contributed by atoms with E-state index < -0.39 is 0 Å². The van der Waals surface area contributed by atoms with Gasteiger partial charge in [0.15, 0.2) is 0 Å². The van der Waals surface area contributed by atoms with Crippen molar-refractivity contribution in [1.82, 2.24) is 0 Å². The van der Waals surface area contributed by atoms with Gasteiger partial charge in [0.1, 0.15) is 0 Å². The molecule has 0 radical (unpaired) electrons. The summed E-state index contributed by atoms with van der Waals surface area (Å²) in [4.78, 5) is 0. The van der Waals surface area contributed by atoms with E-state index in [-0.39, 0.29) is 11.2 Å². The van der Waals surface area contributed by atoms with Crippen molar-refractivity contribution >= 4 is 17.6 Å². The molecule has 0 aromatic heterocycles. The van der Waals surface area contributed by atoms with Crippen molar-refractivity contribution < 1.29 is 9.05 Å². The van der Waals surface area contributed by atoms with Gasteiger partial charge in [-0.3, -0.25) is 0 Å². The summed E-state index contributed by atoms with van der Waals surface area (Å²) >= 11 is 0. The standard InChI is InChI=1S/C16H24O2P2/c1-15(9-5-3-6-10-15)17-19-13-14-20-18-16(2)11-7-4-8-12-16/h3-9,11,19-20H,10,12-14H2,1-2H3. The van der Waals surface area contributed by atoms with E-state index in [4.69, 9.17) is 9.05 Å². The van der Waals surface area contributed by atoms with E-state index in [1.165, 1.54) is 0 Å². The molecule has 0 N–H and O–H groups in total. The molecule has 2 aliphatic rings. The molecule has 0 bridgehead atoms. The maximum absolute atomic E-state index is 6.00. The molecule has 2 aliphatic carbocycles. The van der Waals surface area contributed by atoms with Crippen LogP contribution in [-0.4, -0.2) is 23.5 Å². The zero-order valence-corrected chi connectivity index (χ0v) is 14.3. The average Bonchev–Trinajstić information content (AvgIpc) is 2.44.